The largest absolute Gasteiger partial charge is 0.495 e. The van der Waals surface area contributed by atoms with Crippen molar-refractivity contribution in [3.63, 3.8) is 0 Å². The van der Waals surface area contributed by atoms with Crippen LogP contribution in [0.15, 0.2) is 35.9 Å². The van der Waals surface area contributed by atoms with E-state index >= 15 is 0 Å². The number of ether oxygens (including phenoxy) is 4. The Bertz CT molecular complexity index is 887. The Hall–Kier alpha value is -3.15. The Balaban J connectivity index is 2.58. The molecule has 0 fully saturated rings. The van der Waals surface area contributed by atoms with Crippen molar-refractivity contribution in [3.8, 4) is 23.0 Å². The predicted molar refractivity (Wildman–Crippen MR) is 111 cm³/mol. The van der Waals surface area contributed by atoms with Gasteiger partial charge in [0.15, 0.2) is 17.3 Å². The quantitative estimate of drug-likeness (QED) is 0.416. The van der Waals surface area contributed by atoms with E-state index in [1.54, 1.807) is 31.4 Å². The number of nitrogen functional groups attached to an aromatic ring is 1. The minimum Gasteiger partial charge on any atom is -0.495 e. The first-order valence-corrected chi connectivity index (χ1v) is 8.86. The maximum Gasteiger partial charge on any atom is 0.204 e. The summed E-state index contributed by atoms with van der Waals surface area (Å²) in [6, 6.07) is 8.78. The number of Topliss-reactive ketones (excluding diaryl/α,β-unsaturated/α-hetero) is 1. The monoisotopic (exact) mass is 385 g/mol. The molecule has 0 aliphatic carbocycles. The lowest BCUT2D eigenvalue weighted by Crippen LogP contribution is -2.11. The van der Waals surface area contributed by atoms with Gasteiger partial charge in [-0.15, -0.1) is 0 Å². The van der Waals surface area contributed by atoms with Crippen molar-refractivity contribution >= 4 is 17.5 Å². The van der Waals surface area contributed by atoms with Crippen LogP contribution in [0.3, 0.4) is 0 Å². The topological polar surface area (TPSA) is 80.0 Å². The summed E-state index contributed by atoms with van der Waals surface area (Å²) < 4.78 is 21.4. The Morgan fingerprint density at radius 1 is 0.893 bits per heavy atom. The second-order valence-corrected chi connectivity index (χ2v) is 6.47. The van der Waals surface area contributed by atoms with Crippen molar-refractivity contribution in [1.82, 2.24) is 0 Å². The molecule has 0 saturated heterocycles. The van der Waals surface area contributed by atoms with Gasteiger partial charge in [-0.1, -0.05) is 19.9 Å². The van der Waals surface area contributed by atoms with Crippen molar-refractivity contribution in [2.75, 3.05) is 34.2 Å². The summed E-state index contributed by atoms with van der Waals surface area (Å²) >= 11 is 0. The van der Waals surface area contributed by atoms with Crippen LogP contribution < -0.4 is 24.7 Å². The summed E-state index contributed by atoms with van der Waals surface area (Å²) in [5.41, 5.74) is 8.27. The molecule has 2 aromatic carbocycles. The standard InChI is InChI=1S/C22H27NO5/c1-13(2)16(11-14-7-9-17(23)19(12-14)26-4)20(24)15-8-10-18(25-3)22(28-6)21(15)27-5/h7-13H,23H2,1-6H3. The summed E-state index contributed by atoms with van der Waals surface area (Å²) in [7, 11) is 6.10. The first-order chi connectivity index (χ1) is 13.4. The van der Waals surface area contributed by atoms with Crippen molar-refractivity contribution in [2.24, 2.45) is 5.92 Å². The van der Waals surface area contributed by atoms with E-state index in [1.807, 2.05) is 26.0 Å². The van der Waals surface area contributed by atoms with E-state index in [0.29, 0.717) is 39.8 Å². The van der Waals surface area contributed by atoms with Crippen LogP contribution in [0.4, 0.5) is 5.69 Å². The van der Waals surface area contributed by atoms with Gasteiger partial charge in [-0.05, 0) is 41.8 Å². The molecule has 0 aliphatic rings. The van der Waals surface area contributed by atoms with E-state index in [0.717, 1.165) is 5.56 Å². The number of carbonyl (C=O) groups is 1. The highest BCUT2D eigenvalue weighted by Crippen LogP contribution is 2.41. The first kappa shape index (κ1) is 21.2. The van der Waals surface area contributed by atoms with Crippen LogP contribution in [0, 0.1) is 5.92 Å². The second kappa shape index (κ2) is 9.17. The number of allylic oxidation sites excluding steroid dienone is 1. The molecule has 2 N–H and O–H groups in total. The fourth-order valence-corrected chi connectivity index (χ4v) is 2.93. The number of nitrogens with two attached hydrogens (primary N) is 1. The molecule has 6 heteroatoms. The molecule has 0 bridgehead atoms. The number of hydrogen-bond acceptors (Lipinski definition) is 6. The highest BCUT2D eigenvalue weighted by atomic mass is 16.5. The molecule has 0 amide bonds. The van der Waals surface area contributed by atoms with Gasteiger partial charge < -0.3 is 24.7 Å². The number of hydrogen-bond donors (Lipinski definition) is 1. The van der Waals surface area contributed by atoms with Gasteiger partial charge in [-0.25, -0.2) is 0 Å². The van der Waals surface area contributed by atoms with Crippen molar-refractivity contribution in [1.29, 1.82) is 0 Å². The Kier molecular flexibility index (Phi) is 6.93. The van der Waals surface area contributed by atoms with Gasteiger partial charge in [-0.2, -0.15) is 0 Å². The SMILES string of the molecule is COc1cc(C=C(C(=O)c2ccc(OC)c(OC)c2OC)C(C)C)ccc1N. The molecular formula is C22H27NO5. The zero-order valence-electron chi connectivity index (χ0n) is 17.2. The van der Waals surface area contributed by atoms with E-state index in [1.165, 1.54) is 21.3 Å². The number of anilines is 1. The Morgan fingerprint density at radius 3 is 2.07 bits per heavy atom. The molecule has 28 heavy (non-hydrogen) atoms. The summed E-state index contributed by atoms with van der Waals surface area (Å²) in [6.07, 6.45) is 1.84. The number of rotatable bonds is 8. The van der Waals surface area contributed by atoms with Crippen molar-refractivity contribution in [3.05, 3.63) is 47.0 Å². The number of carbonyl (C=O) groups excluding carboxylic acids is 1. The van der Waals surface area contributed by atoms with Crippen LogP contribution in [-0.4, -0.2) is 34.2 Å². The van der Waals surface area contributed by atoms with E-state index in [2.05, 4.69) is 0 Å². The minimum atomic E-state index is -0.149. The molecule has 0 spiro atoms. The third-order valence-electron chi connectivity index (χ3n) is 4.41. The molecular weight excluding hydrogens is 358 g/mol. The average Bonchev–Trinajstić information content (AvgIpc) is 2.70. The molecule has 0 unspecified atom stereocenters. The zero-order valence-corrected chi connectivity index (χ0v) is 17.2. The van der Waals surface area contributed by atoms with Crippen LogP contribution in [0.25, 0.3) is 6.08 Å². The molecule has 2 aromatic rings. The highest BCUT2D eigenvalue weighted by Gasteiger charge is 2.24. The highest BCUT2D eigenvalue weighted by molar-refractivity contribution is 6.13. The fourth-order valence-electron chi connectivity index (χ4n) is 2.93. The van der Waals surface area contributed by atoms with Gasteiger partial charge in [0, 0.05) is 5.57 Å². The number of methoxy groups -OCH3 is 4. The Morgan fingerprint density at radius 2 is 1.54 bits per heavy atom. The van der Waals surface area contributed by atoms with E-state index in [-0.39, 0.29) is 11.7 Å². The average molecular weight is 385 g/mol. The predicted octanol–water partition coefficient (Wildman–Crippen LogP) is 4.23. The maximum atomic E-state index is 13.4. The lowest BCUT2D eigenvalue weighted by atomic mass is 9.91. The van der Waals surface area contributed by atoms with E-state index < -0.39 is 0 Å². The second-order valence-electron chi connectivity index (χ2n) is 6.47. The molecule has 150 valence electrons. The smallest absolute Gasteiger partial charge is 0.204 e. The molecule has 0 aromatic heterocycles. The van der Waals surface area contributed by atoms with Gasteiger partial charge in [0.2, 0.25) is 5.75 Å². The van der Waals surface area contributed by atoms with Gasteiger partial charge in [-0.3, -0.25) is 4.79 Å². The molecule has 2 rings (SSSR count). The minimum absolute atomic E-state index is 0.0196. The van der Waals surface area contributed by atoms with Crippen LogP contribution >= 0.6 is 0 Å². The molecule has 0 atom stereocenters. The Labute approximate surface area is 165 Å². The van der Waals surface area contributed by atoms with Gasteiger partial charge in [0.1, 0.15) is 5.75 Å². The lowest BCUT2D eigenvalue weighted by Gasteiger charge is -2.17. The molecule has 0 heterocycles. The van der Waals surface area contributed by atoms with Crippen LogP contribution in [-0.2, 0) is 0 Å². The summed E-state index contributed by atoms with van der Waals surface area (Å²) in [4.78, 5) is 13.4. The van der Waals surface area contributed by atoms with E-state index in [4.69, 9.17) is 24.7 Å². The zero-order chi connectivity index (χ0) is 20.8. The molecule has 0 aliphatic heterocycles. The van der Waals surface area contributed by atoms with Crippen LogP contribution in [0.5, 0.6) is 23.0 Å². The van der Waals surface area contributed by atoms with E-state index in [9.17, 15) is 4.79 Å². The van der Waals surface area contributed by atoms with Crippen LogP contribution in [0.1, 0.15) is 29.8 Å². The number of ketones is 1. The van der Waals surface area contributed by atoms with Gasteiger partial charge >= 0.3 is 0 Å². The molecule has 0 radical (unpaired) electrons. The third kappa shape index (κ3) is 4.22. The molecule has 6 nitrogen and oxygen atoms in total. The van der Waals surface area contributed by atoms with Gasteiger partial charge in [0.25, 0.3) is 0 Å². The maximum absolute atomic E-state index is 13.4. The number of benzene rings is 2. The third-order valence-corrected chi connectivity index (χ3v) is 4.41. The summed E-state index contributed by atoms with van der Waals surface area (Å²) in [6.45, 7) is 3.93. The normalized spacial score (nSPS) is 11.3. The van der Waals surface area contributed by atoms with Crippen molar-refractivity contribution < 1.29 is 23.7 Å². The summed E-state index contributed by atoms with van der Waals surface area (Å²) in [5, 5.41) is 0. The lowest BCUT2D eigenvalue weighted by molar-refractivity contribution is 0.102. The first-order valence-electron chi connectivity index (χ1n) is 8.86. The van der Waals surface area contributed by atoms with Crippen LogP contribution in [0.2, 0.25) is 0 Å². The molecule has 0 saturated carbocycles. The summed E-state index contributed by atoms with van der Waals surface area (Å²) in [5.74, 6) is 1.61. The van der Waals surface area contributed by atoms with Gasteiger partial charge in [0.05, 0.1) is 39.7 Å². The fraction of sp³-hybridized carbons (Fsp3) is 0.318. The van der Waals surface area contributed by atoms with Crippen molar-refractivity contribution in [2.45, 2.75) is 13.8 Å².